The molecule has 19 heavy (non-hydrogen) atoms. The smallest absolute Gasteiger partial charge is 0.234 e. The summed E-state index contributed by atoms with van der Waals surface area (Å²) in [6.07, 6.45) is 0. The molecule has 0 radical (unpaired) electrons. The largest absolute Gasteiger partial charge is 0.383 e. The first-order valence-electron chi connectivity index (χ1n) is 6.10. The summed E-state index contributed by atoms with van der Waals surface area (Å²) in [6.45, 7) is 3.34. The van der Waals surface area contributed by atoms with Crippen LogP contribution in [0.4, 0.5) is 0 Å². The molecule has 0 aromatic heterocycles. The number of nitrogens with two attached hydrogens (primary N) is 1. The summed E-state index contributed by atoms with van der Waals surface area (Å²) in [5, 5.41) is 9.07. The van der Waals surface area contributed by atoms with Crippen molar-refractivity contribution in [3.8, 4) is 6.07 Å². The highest BCUT2D eigenvalue weighted by Crippen LogP contribution is 2.12. The maximum absolute atomic E-state index is 11.3. The average molecular weight is 261 g/mol. The number of hydrogen-bond acceptors (Lipinski definition) is 4. The molecule has 0 spiro atoms. The van der Waals surface area contributed by atoms with Gasteiger partial charge in [-0.25, -0.2) is 0 Å². The fraction of sp³-hybridized carbons (Fsp3) is 0.429. The molecule has 1 rings (SSSR count). The van der Waals surface area contributed by atoms with Gasteiger partial charge in [-0.1, -0.05) is 18.2 Å². The van der Waals surface area contributed by atoms with Crippen LogP contribution in [-0.2, 0) is 16.1 Å². The Morgan fingerprint density at radius 2 is 2.21 bits per heavy atom. The van der Waals surface area contributed by atoms with Gasteiger partial charge in [-0.2, -0.15) is 5.26 Å². The Bertz CT molecular complexity index is 468. The van der Waals surface area contributed by atoms with E-state index in [0.717, 1.165) is 5.56 Å². The fourth-order valence-electron chi connectivity index (χ4n) is 1.78. The monoisotopic (exact) mass is 261 g/mol. The number of ether oxygens (including phenoxy) is 1. The molecule has 102 valence electrons. The van der Waals surface area contributed by atoms with Gasteiger partial charge in [-0.05, 0) is 18.6 Å². The molecular weight excluding hydrogens is 242 g/mol. The van der Waals surface area contributed by atoms with E-state index < -0.39 is 6.04 Å². The van der Waals surface area contributed by atoms with Gasteiger partial charge in [0.15, 0.2) is 0 Å². The Kier molecular flexibility index (Phi) is 6.00. The lowest BCUT2D eigenvalue weighted by Gasteiger charge is -2.27. The second-order valence-electron chi connectivity index (χ2n) is 4.31. The van der Waals surface area contributed by atoms with Gasteiger partial charge in [-0.3, -0.25) is 9.69 Å². The topological polar surface area (TPSA) is 79.3 Å². The predicted octanol–water partition coefficient (Wildman–Crippen LogP) is 0.880. The van der Waals surface area contributed by atoms with Crippen LogP contribution in [0, 0.1) is 11.3 Å². The third-order valence-electron chi connectivity index (χ3n) is 3.05. The maximum atomic E-state index is 11.3. The van der Waals surface area contributed by atoms with Crippen molar-refractivity contribution < 1.29 is 9.53 Å². The molecule has 5 nitrogen and oxygen atoms in total. The lowest BCUT2D eigenvalue weighted by Crippen LogP contribution is -2.43. The quantitative estimate of drug-likeness (QED) is 0.790. The van der Waals surface area contributed by atoms with Crippen LogP contribution in [0.2, 0.25) is 0 Å². The van der Waals surface area contributed by atoms with Gasteiger partial charge in [-0.15, -0.1) is 0 Å². The summed E-state index contributed by atoms with van der Waals surface area (Å²) in [4.78, 5) is 13.2. The zero-order chi connectivity index (χ0) is 14.3. The fourth-order valence-corrected chi connectivity index (χ4v) is 1.78. The SMILES string of the molecule is COCCN(Cc1ccccc1C#N)C(C)C(N)=O. The number of hydrogen-bond donors (Lipinski definition) is 1. The summed E-state index contributed by atoms with van der Waals surface area (Å²) in [5.41, 5.74) is 6.84. The summed E-state index contributed by atoms with van der Waals surface area (Å²) in [7, 11) is 1.61. The summed E-state index contributed by atoms with van der Waals surface area (Å²) in [5.74, 6) is -0.384. The third kappa shape index (κ3) is 4.36. The average Bonchev–Trinajstić information content (AvgIpc) is 2.42. The van der Waals surface area contributed by atoms with E-state index >= 15 is 0 Å². The second-order valence-corrected chi connectivity index (χ2v) is 4.31. The molecule has 2 N–H and O–H groups in total. The first-order valence-corrected chi connectivity index (χ1v) is 6.10. The van der Waals surface area contributed by atoms with E-state index in [1.54, 1.807) is 20.1 Å². The predicted molar refractivity (Wildman–Crippen MR) is 72.1 cm³/mol. The molecule has 0 fully saturated rings. The molecule has 1 aromatic carbocycles. The molecule has 0 aliphatic heterocycles. The Labute approximate surface area is 113 Å². The molecule has 0 aliphatic rings. The van der Waals surface area contributed by atoms with Crippen LogP contribution in [0.1, 0.15) is 18.1 Å². The van der Waals surface area contributed by atoms with Crippen LogP contribution in [0.15, 0.2) is 24.3 Å². The molecule has 0 saturated carbocycles. The van der Waals surface area contributed by atoms with Crippen molar-refractivity contribution in [2.75, 3.05) is 20.3 Å². The van der Waals surface area contributed by atoms with Crippen molar-refractivity contribution in [1.82, 2.24) is 4.90 Å². The molecule has 1 unspecified atom stereocenters. The minimum atomic E-state index is -0.401. The van der Waals surface area contributed by atoms with Crippen LogP contribution in [0.25, 0.3) is 0 Å². The van der Waals surface area contributed by atoms with Crippen LogP contribution in [0.3, 0.4) is 0 Å². The molecule has 1 atom stereocenters. The lowest BCUT2D eigenvalue weighted by molar-refractivity contribution is -0.123. The minimum Gasteiger partial charge on any atom is -0.383 e. The third-order valence-corrected chi connectivity index (χ3v) is 3.05. The first-order chi connectivity index (χ1) is 9.10. The highest BCUT2D eigenvalue weighted by molar-refractivity contribution is 5.79. The molecule has 0 bridgehead atoms. The molecule has 5 heteroatoms. The number of nitrogens with zero attached hydrogens (tertiary/aromatic N) is 2. The Hall–Kier alpha value is -1.90. The van der Waals surface area contributed by atoms with Crippen LogP contribution >= 0.6 is 0 Å². The number of nitriles is 1. The van der Waals surface area contributed by atoms with Crippen LogP contribution < -0.4 is 5.73 Å². The van der Waals surface area contributed by atoms with Crippen LogP contribution in [-0.4, -0.2) is 37.1 Å². The van der Waals surface area contributed by atoms with Crippen molar-refractivity contribution in [2.45, 2.75) is 19.5 Å². The number of rotatable bonds is 7. The minimum absolute atomic E-state index is 0.384. The van der Waals surface area contributed by atoms with E-state index in [1.165, 1.54) is 0 Å². The Morgan fingerprint density at radius 3 is 2.79 bits per heavy atom. The zero-order valence-electron chi connectivity index (χ0n) is 11.3. The van der Waals surface area contributed by atoms with Gasteiger partial charge < -0.3 is 10.5 Å². The van der Waals surface area contributed by atoms with Gasteiger partial charge in [0.2, 0.25) is 5.91 Å². The second kappa shape index (κ2) is 7.52. The first kappa shape index (κ1) is 15.2. The van der Waals surface area contributed by atoms with E-state index in [0.29, 0.717) is 25.3 Å². The molecule has 0 saturated heterocycles. The van der Waals surface area contributed by atoms with Crippen LogP contribution in [0.5, 0.6) is 0 Å². The van der Waals surface area contributed by atoms with Gasteiger partial charge >= 0.3 is 0 Å². The standard InChI is InChI=1S/C14H19N3O2/c1-11(14(16)18)17(7-8-19-2)10-13-6-4-3-5-12(13)9-15/h3-6,11H,7-8,10H2,1-2H3,(H2,16,18). The van der Waals surface area contributed by atoms with Gasteiger partial charge in [0.05, 0.1) is 24.3 Å². The number of carbonyl (C=O) groups is 1. The molecular formula is C14H19N3O2. The highest BCUT2D eigenvalue weighted by atomic mass is 16.5. The molecule has 0 heterocycles. The maximum Gasteiger partial charge on any atom is 0.234 e. The number of benzene rings is 1. The zero-order valence-corrected chi connectivity index (χ0v) is 11.3. The molecule has 1 amide bonds. The number of carbonyl (C=O) groups excluding carboxylic acids is 1. The number of methoxy groups -OCH3 is 1. The summed E-state index contributed by atoms with van der Waals surface area (Å²) >= 11 is 0. The lowest BCUT2D eigenvalue weighted by atomic mass is 10.1. The number of amides is 1. The van der Waals surface area contributed by atoms with Crippen molar-refractivity contribution in [1.29, 1.82) is 5.26 Å². The van der Waals surface area contributed by atoms with Gasteiger partial charge in [0.1, 0.15) is 0 Å². The molecule has 0 aliphatic carbocycles. The van der Waals surface area contributed by atoms with Gasteiger partial charge in [0.25, 0.3) is 0 Å². The summed E-state index contributed by atoms with van der Waals surface area (Å²) < 4.78 is 5.04. The van der Waals surface area contributed by atoms with E-state index in [9.17, 15) is 4.79 Å². The summed E-state index contributed by atoms with van der Waals surface area (Å²) in [6, 6.07) is 9.09. The Morgan fingerprint density at radius 1 is 1.53 bits per heavy atom. The van der Waals surface area contributed by atoms with E-state index in [4.69, 9.17) is 15.7 Å². The highest BCUT2D eigenvalue weighted by Gasteiger charge is 2.19. The van der Waals surface area contributed by atoms with E-state index in [2.05, 4.69) is 6.07 Å². The van der Waals surface area contributed by atoms with Crippen molar-refractivity contribution in [2.24, 2.45) is 5.73 Å². The van der Waals surface area contributed by atoms with Crippen molar-refractivity contribution >= 4 is 5.91 Å². The van der Waals surface area contributed by atoms with Crippen molar-refractivity contribution in [3.63, 3.8) is 0 Å². The van der Waals surface area contributed by atoms with Gasteiger partial charge in [0, 0.05) is 20.2 Å². The molecule has 1 aromatic rings. The van der Waals surface area contributed by atoms with Crippen molar-refractivity contribution in [3.05, 3.63) is 35.4 Å². The van der Waals surface area contributed by atoms with E-state index in [-0.39, 0.29) is 5.91 Å². The Balaban J connectivity index is 2.87. The normalized spacial score (nSPS) is 12.1. The number of primary amides is 1. The van der Waals surface area contributed by atoms with E-state index in [1.807, 2.05) is 23.1 Å².